The van der Waals surface area contributed by atoms with Crippen LogP contribution in [0.5, 0.6) is 5.75 Å². The van der Waals surface area contributed by atoms with Gasteiger partial charge in [0.05, 0.1) is 6.61 Å². The third kappa shape index (κ3) is 7.07. The molecule has 1 atom stereocenters. The minimum absolute atomic E-state index is 0.0892. The molecule has 0 saturated heterocycles. The van der Waals surface area contributed by atoms with Gasteiger partial charge in [0.2, 0.25) is 0 Å². The molecular formula is C21H35NO3. The van der Waals surface area contributed by atoms with Gasteiger partial charge in [-0.2, -0.15) is 0 Å². The van der Waals surface area contributed by atoms with Crippen molar-refractivity contribution >= 4 is 11.6 Å². The first-order chi connectivity index (χ1) is 11.8. The fraction of sp³-hybridized carbons (Fsp3) is 0.667. The molecule has 142 valence electrons. The van der Waals surface area contributed by atoms with Crippen LogP contribution in [0.3, 0.4) is 0 Å². The second kappa shape index (κ2) is 10.4. The number of unbranched alkanes of at least 4 members (excludes halogenated alkanes) is 1. The van der Waals surface area contributed by atoms with Crippen LogP contribution >= 0.6 is 0 Å². The summed E-state index contributed by atoms with van der Waals surface area (Å²) in [6, 6.07) is 5.77. The zero-order valence-electron chi connectivity index (χ0n) is 16.8. The van der Waals surface area contributed by atoms with Gasteiger partial charge in [-0.3, -0.25) is 4.79 Å². The lowest BCUT2D eigenvalue weighted by Gasteiger charge is -2.30. The maximum atomic E-state index is 12.8. The first-order valence-corrected chi connectivity index (χ1v) is 9.51. The molecule has 0 unspecified atom stereocenters. The molecule has 4 nitrogen and oxygen atoms in total. The fourth-order valence-electron chi connectivity index (χ4n) is 2.80. The van der Waals surface area contributed by atoms with E-state index >= 15 is 0 Å². The Bertz CT molecular complexity index is 542. The Labute approximate surface area is 153 Å². The van der Waals surface area contributed by atoms with E-state index in [0.29, 0.717) is 18.9 Å². The number of hydrogen-bond donors (Lipinski definition) is 1. The van der Waals surface area contributed by atoms with Crippen molar-refractivity contribution in [1.29, 1.82) is 0 Å². The van der Waals surface area contributed by atoms with Crippen molar-refractivity contribution in [3.8, 4) is 5.75 Å². The molecule has 0 aromatic heterocycles. The smallest absolute Gasteiger partial charge is 0.256 e. The van der Waals surface area contributed by atoms with Gasteiger partial charge in [-0.15, -0.1) is 0 Å². The van der Waals surface area contributed by atoms with Crippen molar-refractivity contribution in [3.05, 3.63) is 23.8 Å². The molecule has 1 rings (SSSR count). The maximum Gasteiger partial charge on any atom is 0.256 e. The average molecular weight is 350 g/mol. The lowest BCUT2D eigenvalue weighted by Crippen LogP contribution is -2.44. The summed E-state index contributed by atoms with van der Waals surface area (Å²) in [5, 5.41) is 3.01. The summed E-state index contributed by atoms with van der Waals surface area (Å²) in [7, 11) is 0. The Balaban J connectivity index is 2.80. The molecule has 4 heteroatoms. The summed E-state index contributed by atoms with van der Waals surface area (Å²) < 4.78 is 11.7. The zero-order valence-corrected chi connectivity index (χ0v) is 16.8. The van der Waals surface area contributed by atoms with Crippen molar-refractivity contribution in [3.63, 3.8) is 0 Å². The first-order valence-electron chi connectivity index (χ1n) is 9.51. The minimum Gasteiger partial charge on any atom is -0.493 e. The number of amides is 1. The van der Waals surface area contributed by atoms with E-state index < -0.39 is 5.60 Å². The van der Waals surface area contributed by atoms with Gasteiger partial charge in [-0.1, -0.05) is 34.1 Å². The number of carbonyl (C=O) groups is 1. The van der Waals surface area contributed by atoms with Crippen LogP contribution in [0.4, 0.5) is 5.69 Å². The SMILES string of the molecule is CCCCOc1ccc(NC(=O)[C@](C)(CC(C)C)OCCC)cc1C. The Kier molecular flexibility index (Phi) is 8.98. The molecule has 25 heavy (non-hydrogen) atoms. The number of benzene rings is 1. The molecule has 1 aromatic rings. The molecule has 0 bridgehead atoms. The normalized spacial score (nSPS) is 13.6. The maximum absolute atomic E-state index is 12.8. The summed E-state index contributed by atoms with van der Waals surface area (Å²) >= 11 is 0. The van der Waals surface area contributed by atoms with Gasteiger partial charge in [0, 0.05) is 12.3 Å². The highest BCUT2D eigenvalue weighted by atomic mass is 16.5. The Morgan fingerprint density at radius 3 is 2.48 bits per heavy atom. The Morgan fingerprint density at radius 2 is 1.92 bits per heavy atom. The predicted molar refractivity (Wildman–Crippen MR) is 104 cm³/mol. The third-order valence-electron chi connectivity index (χ3n) is 4.09. The molecule has 0 saturated carbocycles. The Morgan fingerprint density at radius 1 is 1.20 bits per heavy atom. The highest BCUT2D eigenvalue weighted by Crippen LogP contribution is 2.26. The van der Waals surface area contributed by atoms with Crippen LogP contribution in [0.15, 0.2) is 18.2 Å². The number of anilines is 1. The largest absolute Gasteiger partial charge is 0.493 e. The lowest BCUT2D eigenvalue weighted by atomic mass is 9.93. The monoisotopic (exact) mass is 349 g/mol. The fourth-order valence-corrected chi connectivity index (χ4v) is 2.80. The van der Waals surface area contributed by atoms with Crippen molar-refractivity contribution in [2.45, 2.75) is 72.8 Å². The molecule has 1 N–H and O–H groups in total. The number of rotatable bonds is 11. The van der Waals surface area contributed by atoms with Crippen LogP contribution < -0.4 is 10.1 Å². The summed E-state index contributed by atoms with van der Waals surface area (Å²) in [6.07, 6.45) is 3.74. The van der Waals surface area contributed by atoms with E-state index in [1.807, 2.05) is 39.0 Å². The van der Waals surface area contributed by atoms with Gasteiger partial charge in [-0.25, -0.2) is 0 Å². The number of carbonyl (C=O) groups excluding carboxylic acids is 1. The highest BCUT2D eigenvalue weighted by Gasteiger charge is 2.35. The summed E-state index contributed by atoms with van der Waals surface area (Å²) in [5.41, 5.74) is 0.989. The van der Waals surface area contributed by atoms with Gasteiger partial charge in [0.1, 0.15) is 11.4 Å². The molecular weight excluding hydrogens is 314 g/mol. The average Bonchev–Trinajstić information content (AvgIpc) is 2.54. The van der Waals surface area contributed by atoms with E-state index in [4.69, 9.17) is 9.47 Å². The summed E-state index contributed by atoms with van der Waals surface area (Å²) in [4.78, 5) is 12.8. The van der Waals surface area contributed by atoms with Crippen LogP contribution in [-0.2, 0) is 9.53 Å². The quantitative estimate of drug-likeness (QED) is 0.548. The third-order valence-corrected chi connectivity index (χ3v) is 4.09. The second-order valence-electron chi connectivity index (χ2n) is 7.31. The lowest BCUT2D eigenvalue weighted by molar-refractivity contribution is -0.141. The predicted octanol–water partition coefficient (Wildman–Crippen LogP) is 5.34. The van der Waals surface area contributed by atoms with Crippen LogP contribution in [0.2, 0.25) is 0 Å². The van der Waals surface area contributed by atoms with Crippen LogP contribution in [-0.4, -0.2) is 24.7 Å². The van der Waals surface area contributed by atoms with E-state index in [1.54, 1.807) is 0 Å². The number of ether oxygens (including phenoxy) is 2. The van der Waals surface area contributed by atoms with Gasteiger partial charge in [-0.05, 0) is 62.8 Å². The molecule has 0 aliphatic carbocycles. The van der Waals surface area contributed by atoms with Gasteiger partial charge in [0.15, 0.2) is 0 Å². The summed E-state index contributed by atoms with van der Waals surface area (Å²) in [6.45, 7) is 13.6. The van der Waals surface area contributed by atoms with Crippen LogP contribution in [0.25, 0.3) is 0 Å². The summed E-state index contributed by atoms with van der Waals surface area (Å²) in [5.74, 6) is 1.16. The second-order valence-corrected chi connectivity index (χ2v) is 7.31. The van der Waals surface area contributed by atoms with Gasteiger partial charge < -0.3 is 14.8 Å². The highest BCUT2D eigenvalue weighted by molar-refractivity contribution is 5.97. The van der Waals surface area contributed by atoms with Crippen molar-refractivity contribution < 1.29 is 14.3 Å². The van der Waals surface area contributed by atoms with Crippen molar-refractivity contribution in [2.75, 3.05) is 18.5 Å². The van der Waals surface area contributed by atoms with Crippen molar-refractivity contribution in [2.24, 2.45) is 5.92 Å². The topological polar surface area (TPSA) is 47.6 Å². The number of nitrogens with one attached hydrogen (secondary N) is 1. The molecule has 0 aliphatic rings. The van der Waals surface area contributed by atoms with Gasteiger partial charge >= 0.3 is 0 Å². The number of aryl methyl sites for hydroxylation is 1. The molecule has 1 amide bonds. The molecule has 0 spiro atoms. The van der Waals surface area contributed by atoms with E-state index in [-0.39, 0.29) is 5.91 Å². The zero-order chi connectivity index (χ0) is 18.9. The molecule has 1 aromatic carbocycles. The molecule has 0 radical (unpaired) electrons. The minimum atomic E-state index is -0.811. The first kappa shape index (κ1) is 21.5. The van der Waals surface area contributed by atoms with E-state index in [9.17, 15) is 4.79 Å². The van der Waals surface area contributed by atoms with E-state index in [1.165, 1.54) is 0 Å². The number of hydrogen-bond acceptors (Lipinski definition) is 3. The van der Waals surface area contributed by atoms with E-state index in [0.717, 1.165) is 42.9 Å². The standard InChI is InChI=1S/C21H35NO3/c1-7-9-13-24-19-11-10-18(14-17(19)5)22-20(23)21(6,15-16(3)4)25-12-8-2/h10-11,14,16H,7-9,12-13,15H2,1-6H3,(H,22,23)/t21-/m0/s1. The van der Waals surface area contributed by atoms with Gasteiger partial charge in [0.25, 0.3) is 5.91 Å². The molecule has 0 fully saturated rings. The Hall–Kier alpha value is -1.55. The van der Waals surface area contributed by atoms with Crippen LogP contribution in [0.1, 0.15) is 65.9 Å². The molecule has 0 aliphatic heterocycles. The molecule has 0 heterocycles. The van der Waals surface area contributed by atoms with Crippen molar-refractivity contribution in [1.82, 2.24) is 0 Å². The van der Waals surface area contributed by atoms with E-state index in [2.05, 4.69) is 26.1 Å². The van der Waals surface area contributed by atoms with Crippen LogP contribution in [0, 0.1) is 12.8 Å².